The summed E-state index contributed by atoms with van der Waals surface area (Å²) < 4.78 is 11.1. The quantitative estimate of drug-likeness (QED) is 0.866. The molecule has 24 heavy (non-hydrogen) atoms. The normalized spacial score (nSPS) is 26.4. The molecular formula is C18H21N3O3. The molecule has 6 nitrogen and oxygen atoms in total. The van der Waals surface area contributed by atoms with Crippen LogP contribution in [0.4, 0.5) is 0 Å². The Morgan fingerprint density at radius 2 is 2.08 bits per heavy atom. The summed E-state index contributed by atoms with van der Waals surface area (Å²) in [5, 5.41) is 7.96. The maximum atomic E-state index is 13.0. The van der Waals surface area contributed by atoms with Gasteiger partial charge in [0.1, 0.15) is 6.04 Å². The van der Waals surface area contributed by atoms with E-state index in [1.165, 1.54) is 11.1 Å². The third kappa shape index (κ3) is 2.71. The van der Waals surface area contributed by atoms with E-state index in [2.05, 4.69) is 29.3 Å². The highest BCUT2D eigenvalue weighted by Crippen LogP contribution is 2.50. The van der Waals surface area contributed by atoms with Crippen molar-refractivity contribution >= 4 is 5.91 Å². The average Bonchev–Trinajstić information content (AvgIpc) is 3.28. The zero-order valence-electron chi connectivity index (χ0n) is 13.9. The van der Waals surface area contributed by atoms with Crippen molar-refractivity contribution in [3.8, 4) is 0 Å². The molecule has 0 bridgehead atoms. The number of hydrogen-bond acceptors (Lipinski definition) is 5. The first-order valence-corrected chi connectivity index (χ1v) is 8.39. The third-order valence-corrected chi connectivity index (χ3v) is 4.93. The van der Waals surface area contributed by atoms with Gasteiger partial charge < -0.3 is 14.1 Å². The molecule has 1 saturated heterocycles. The van der Waals surface area contributed by atoms with E-state index in [1.54, 1.807) is 6.92 Å². The van der Waals surface area contributed by atoms with Crippen molar-refractivity contribution < 1.29 is 13.9 Å². The second-order valence-electron chi connectivity index (χ2n) is 6.59. The van der Waals surface area contributed by atoms with Crippen molar-refractivity contribution in [2.24, 2.45) is 5.92 Å². The van der Waals surface area contributed by atoms with Crippen LogP contribution in [0.25, 0.3) is 0 Å². The summed E-state index contributed by atoms with van der Waals surface area (Å²) in [5.41, 5.74) is 2.54. The molecule has 2 heterocycles. The smallest absolute Gasteiger partial charge is 0.241 e. The number of aromatic nitrogens is 2. The number of amides is 1. The lowest BCUT2D eigenvalue weighted by Crippen LogP contribution is -2.44. The molecule has 2 aromatic rings. The van der Waals surface area contributed by atoms with Crippen LogP contribution in [-0.2, 0) is 9.53 Å². The van der Waals surface area contributed by atoms with Crippen molar-refractivity contribution in [2.45, 2.75) is 32.2 Å². The van der Waals surface area contributed by atoms with Crippen LogP contribution in [0.5, 0.6) is 0 Å². The summed E-state index contributed by atoms with van der Waals surface area (Å²) >= 11 is 0. The molecule has 1 amide bonds. The first-order valence-electron chi connectivity index (χ1n) is 8.39. The lowest BCUT2D eigenvalue weighted by molar-refractivity contribution is -0.142. The highest BCUT2D eigenvalue weighted by atomic mass is 16.5. The number of benzene rings is 1. The summed E-state index contributed by atoms with van der Waals surface area (Å²) in [6.07, 6.45) is 0.913. The van der Waals surface area contributed by atoms with E-state index in [-0.39, 0.29) is 17.9 Å². The van der Waals surface area contributed by atoms with Crippen molar-refractivity contribution in [3.63, 3.8) is 0 Å². The maximum absolute atomic E-state index is 13.0. The molecule has 6 heteroatoms. The third-order valence-electron chi connectivity index (χ3n) is 4.93. The van der Waals surface area contributed by atoms with E-state index in [0.717, 1.165) is 6.42 Å². The van der Waals surface area contributed by atoms with Gasteiger partial charge in [0.25, 0.3) is 0 Å². The Bertz CT molecular complexity index is 757. The molecule has 2 fully saturated rings. The molecule has 2 aliphatic rings. The summed E-state index contributed by atoms with van der Waals surface area (Å²) in [5.74, 6) is 1.52. The van der Waals surface area contributed by atoms with Gasteiger partial charge >= 0.3 is 0 Å². The molecular weight excluding hydrogens is 306 g/mol. The van der Waals surface area contributed by atoms with E-state index in [0.29, 0.717) is 37.5 Å². The molecule has 1 aliphatic carbocycles. The predicted molar refractivity (Wildman–Crippen MR) is 86.3 cm³/mol. The summed E-state index contributed by atoms with van der Waals surface area (Å²) in [6.45, 7) is 5.39. The van der Waals surface area contributed by atoms with E-state index in [4.69, 9.17) is 9.15 Å². The molecule has 3 atom stereocenters. The summed E-state index contributed by atoms with van der Waals surface area (Å²) in [6, 6.07) is 8.04. The van der Waals surface area contributed by atoms with E-state index in [9.17, 15) is 4.79 Å². The van der Waals surface area contributed by atoms with Crippen molar-refractivity contribution in [1.82, 2.24) is 15.1 Å². The van der Waals surface area contributed by atoms with Gasteiger partial charge in [0.15, 0.2) is 0 Å². The predicted octanol–water partition coefficient (Wildman–Crippen LogP) is 2.39. The Morgan fingerprint density at radius 1 is 1.25 bits per heavy atom. The van der Waals surface area contributed by atoms with Crippen LogP contribution in [0.2, 0.25) is 0 Å². The summed E-state index contributed by atoms with van der Waals surface area (Å²) in [4.78, 5) is 14.9. The fraction of sp³-hybridized carbons (Fsp3) is 0.500. The number of rotatable bonds is 3. The Labute approximate surface area is 140 Å². The highest BCUT2D eigenvalue weighted by molar-refractivity contribution is 5.83. The monoisotopic (exact) mass is 327 g/mol. The van der Waals surface area contributed by atoms with Gasteiger partial charge in [0.2, 0.25) is 17.7 Å². The molecule has 0 spiro atoms. The van der Waals surface area contributed by atoms with Crippen LogP contribution in [0.1, 0.15) is 41.3 Å². The first-order chi connectivity index (χ1) is 11.6. The average molecular weight is 327 g/mol. The van der Waals surface area contributed by atoms with Crippen molar-refractivity contribution in [2.75, 3.05) is 19.8 Å². The highest BCUT2D eigenvalue weighted by Gasteiger charge is 2.48. The molecule has 0 radical (unpaired) electrons. The van der Waals surface area contributed by atoms with Crippen LogP contribution in [-0.4, -0.2) is 40.8 Å². The van der Waals surface area contributed by atoms with Crippen LogP contribution in [0.15, 0.2) is 28.7 Å². The van der Waals surface area contributed by atoms with Gasteiger partial charge in [-0.3, -0.25) is 4.79 Å². The number of ether oxygens (including phenoxy) is 1. The van der Waals surface area contributed by atoms with Crippen LogP contribution in [0, 0.1) is 19.8 Å². The van der Waals surface area contributed by atoms with Crippen LogP contribution in [0.3, 0.4) is 0 Å². The standard InChI is InChI=1S/C18H21N3O3/c1-11-5-3-4-6-13(11)14-9-15(14)18(22)21-7-8-23-10-16(21)17-20-19-12(2)24-17/h3-6,14-16H,7-10H2,1-2H3/t14-,15+,16+/m1/s1. The topological polar surface area (TPSA) is 68.5 Å². The van der Waals surface area contributed by atoms with Crippen LogP contribution < -0.4 is 0 Å². The van der Waals surface area contributed by atoms with Gasteiger partial charge in [0.05, 0.1) is 13.2 Å². The van der Waals surface area contributed by atoms with Gasteiger partial charge in [-0.25, -0.2) is 0 Å². The zero-order valence-corrected chi connectivity index (χ0v) is 13.9. The lowest BCUT2D eigenvalue weighted by Gasteiger charge is -2.33. The van der Waals surface area contributed by atoms with Gasteiger partial charge in [0, 0.05) is 19.4 Å². The van der Waals surface area contributed by atoms with E-state index in [1.807, 2.05) is 17.0 Å². The molecule has 126 valence electrons. The second-order valence-corrected chi connectivity index (χ2v) is 6.59. The van der Waals surface area contributed by atoms with Crippen molar-refractivity contribution in [3.05, 3.63) is 47.2 Å². The molecule has 1 aromatic carbocycles. The minimum atomic E-state index is -0.273. The minimum absolute atomic E-state index is 0.0516. The summed E-state index contributed by atoms with van der Waals surface area (Å²) in [7, 11) is 0. The number of carbonyl (C=O) groups excluding carboxylic acids is 1. The Kier molecular flexibility index (Phi) is 3.84. The van der Waals surface area contributed by atoms with Crippen LogP contribution >= 0.6 is 0 Å². The van der Waals surface area contributed by atoms with Gasteiger partial charge in [-0.1, -0.05) is 24.3 Å². The Morgan fingerprint density at radius 3 is 2.83 bits per heavy atom. The zero-order chi connectivity index (χ0) is 16.7. The first kappa shape index (κ1) is 15.3. The van der Waals surface area contributed by atoms with Gasteiger partial charge in [-0.2, -0.15) is 0 Å². The Hall–Kier alpha value is -2.21. The fourth-order valence-corrected chi connectivity index (χ4v) is 3.55. The molecule has 1 aromatic heterocycles. The van der Waals surface area contributed by atoms with Crippen molar-refractivity contribution in [1.29, 1.82) is 0 Å². The number of nitrogens with zero attached hydrogens (tertiary/aromatic N) is 3. The molecule has 1 saturated carbocycles. The van der Waals surface area contributed by atoms with Gasteiger partial charge in [-0.15, -0.1) is 10.2 Å². The minimum Gasteiger partial charge on any atom is -0.423 e. The van der Waals surface area contributed by atoms with E-state index < -0.39 is 0 Å². The maximum Gasteiger partial charge on any atom is 0.241 e. The number of aryl methyl sites for hydroxylation is 2. The number of morpholine rings is 1. The molecule has 0 N–H and O–H groups in total. The SMILES string of the molecule is Cc1nnc([C@@H]2COCCN2C(=O)[C@H]2C[C@@H]2c2ccccc2C)o1. The lowest BCUT2D eigenvalue weighted by atomic mass is 10.0. The number of carbonyl (C=O) groups is 1. The molecule has 1 aliphatic heterocycles. The van der Waals surface area contributed by atoms with Gasteiger partial charge in [-0.05, 0) is 30.4 Å². The molecule has 0 unspecified atom stereocenters. The Balaban J connectivity index is 1.52. The fourth-order valence-electron chi connectivity index (χ4n) is 3.55. The number of hydrogen-bond donors (Lipinski definition) is 0. The molecule has 4 rings (SSSR count). The second kappa shape index (κ2) is 6.02. The largest absolute Gasteiger partial charge is 0.423 e. The van der Waals surface area contributed by atoms with E-state index >= 15 is 0 Å².